The van der Waals surface area contributed by atoms with E-state index in [0.717, 1.165) is 37.7 Å². The Labute approximate surface area is 141 Å². The number of nitro benzene ring substituents is 1. The number of amides is 1. The van der Waals surface area contributed by atoms with Crippen LogP contribution in [0.15, 0.2) is 24.3 Å². The fourth-order valence-electron chi connectivity index (χ4n) is 3.54. The minimum atomic E-state index is -0.870. The monoisotopic (exact) mass is 332 g/mol. The summed E-state index contributed by atoms with van der Waals surface area (Å²) in [6.45, 7) is 0.376. The van der Waals surface area contributed by atoms with Gasteiger partial charge >= 0.3 is 0 Å². The first-order chi connectivity index (χ1) is 11.5. The molecule has 0 spiro atoms. The standard InChI is InChI=1S/C18H24N2O4/c21-17(12-18(22)9-2-1-3-10-18)19(15-7-8-15)13-14-5-4-6-16(11-14)20(23)24/h4-6,11,15,22H,1-3,7-10,12-13H2. The molecule has 0 aliphatic heterocycles. The maximum Gasteiger partial charge on any atom is 0.269 e. The van der Waals surface area contributed by atoms with E-state index in [0.29, 0.717) is 19.4 Å². The summed E-state index contributed by atoms with van der Waals surface area (Å²) in [6.07, 6.45) is 6.55. The predicted octanol–water partition coefficient (Wildman–Crippen LogP) is 3.17. The number of nitro groups is 1. The molecule has 130 valence electrons. The molecule has 2 aliphatic carbocycles. The van der Waals surface area contributed by atoms with E-state index >= 15 is 0 Å². The second kappa shape index (κ2) is 6.89. The molecule has 1 amide bonds. The van der Waals surface area contributed by atoms with Crippen molar-refractivity contribution in [3.8, 4) is 0 Å². The van der Waals surface area contributed by atoms with Crippen LogP contribution < -0.4 is 0 Å². The summed E-state index contributed by atoms with van der Waals surface area (Å²) < 4.78 is 0. The van der Waals surface area contributed by atoms with Gasteiger partial charge in [0.05, 0.1) is 16.9 Å². The molecule has 6 heteroatoms. The Morgan fingerprint density at radius 1 is 1.29 bits per heavy atom. The SMILES string of the molecule is O=C(CC1(O)CCCCC1)N(Cc1cccc([N+](=O)[O-])c1)C1CC1. The smallest absolute Gasteiger partial charge is 0.269 e. The predicted molar refractivity (Wildman–Crippen MR) is 89.3 cm³/mol. The number of benzene rings is 1. The third kappa shape index (κ3) is 4.12. The summed E-state index contributed by atoms with van der Waals surface area (Å²) in [5, 5.41) is 21.6. The fraction of sp³-hybridized carbons (Fsp3) is 0.611. The van der Waals surface area contributed by atoms with Crippen LogP contribution in [-0.2, 0) is 11.3 Å². The molecule has 1 aromatic rings. The largest absolute Gasteiger partial charge is 0.389 e. The zero-order valence-electron chi connectivity index (χ0n) is 13.8. The first-order valence-corrected chi connectivity index (χ1v) is 8.72. The number of non-ortho nitro benzene ring substituents is 1. The highest BCUT2D eigenvalue weighted by atomic mass is 16.6. The van der Waals surface area contributed by atoms with Gasteiger partial charge < -0.3 is 10.0 Å². The molecule has 0 bridgehead atoms. The maximum atomic E-state index is 12.8. The zero-order valence-corrected chi connectivity index (χ0v) is 13.8. The van der Waals surface area contributed by atoms with Crippen molar-refractivity contribution in [1.82, 2.24) is 4.90 Å². The van der Waals surface area contributed by atoms with E-state index in [1.165, 1.54) is 12.1 Å². The van der Waals surface area contributed by atoms with Gasteiger partial charge in [-0.05, 0) is 31.2 Å². The van der Waals surface area contributed by atoms with Crippen LogP contribution in [0.25, 0.3) is 0 Å². The van der Waals surface area contributed by atoms with E-state index in [9.17, 15) is 20.0 Å². The number of carbonyl (C=O) groups excluding carboxylic acids is 1. The van der Waals surface area contributed by atoms with Crippen LogP contribution in [0.4, 0.5) is 5.69 Å². The van der Waals surface area contributed by atoms with Crippen molar-refractivity contribution in [1.29, 1.82) is 0 Å². The van der Waals surface area contributed by atoms with Crippen molar-refractivity contribution in [3.63, 3.8) is 0 Å². The minimum absolute atomic E-state index is 0.0339. The Morgan fingerprint density at radius 3 is 2.62 bits per heavy atom. The highest BCUT2D eigenvalue weighted by molar-refractivity contribution is 5.78. The lowest BCUT2D eigenvalue weighted by Crippen LogP contribution is -2.41. The third-order valence-electron chi connectivity index (χ3n) is 5.05. The Bertz CT molecular complexity index is 621. The molecule has 6 nitrogen and oxygen atoms in total. The van der Waals surface area contributed by atoms with Gasteiger partial charge in [0.2, 0.25) is 5.91 Å². The molecule has 2 fully saturated rings. The van der Waals surface area contributed by atoms with Crippen LogP contribution in [0.5, 0.6) is 0 Å². The Balaban J connectivity index is 1.69. The third-order valence-corrected chi connectivity index (χ3v) is 5.05. The van der Waals surface area contributed by atoms with E-state index in [1.807, 2.05) is 6.07 Å². The minimum Gasteiger partial charge on any atom is -0.389 e. The van der Waals surface area contributed by atoms with Crippen LogP contribution >= 0.6 is 0 Å². The average molecular weight is 332 g/mol. The van der Waals surface area contributed by atoms with Crippen LogP contribution in [0.1, 0.15) is 56.9 Å². The molecule has 2 saturated carbocycles. The summed E-state index contributed by atoms with van der Waals surface area (Å²) in [6, 6.07) is 6.65. The lowest BCUT2D eigenvalue weighted by Gasteiger charge is -2.34. The van der Waals surface area contributed by atoms with Gasteiger partial charge in [-0.15, -0.1) is 0 Å². The molecular formula is C18H24N2O4. The topological polar surface area (TPSA) is 83.7 Å². The number of hydrogen-bond acceptors (Lipinski definition) is 4. The van der Waals surface area contributed by atoms with Crippen molar-refractivity contribution in [2.24, 2.45) is 0 Å². The van der Waals surface area contributed by atoms with Crippen molar-refractivity contribution < 1.29 is 14.8 Å². The van der Waals surface area contributed by atoms with Gasteiger partial charge in [-0.3, -0.25) is 14.9 Å². The summed E-state index contributed by atoms with van der Waals surface area (Å²) >= 11 is 0. The quantitative estimate of drug-likeness (QED) is 0.640. The van der Waals surface area contributed by atoms with Gasteiger partial charge in [-0.2, -0.15) is 0 Å². The summed E-state index contributed by atoms with van der Waals surface area (Å²) in [4.78, 5) is 25.0. The normalized spacial score (nSPS) is 19.7. The van der Waals surface area contributed by atoms with Crippen molar-refractivity contribution in [2.75, 3.05) is 0 Å². The molecule has 0 heterocycles. The molecule has 3 rings (SSSR count). The Kier molecular flexibility index (Phi) is 4.85. The van der Waals surface area contributed by atoms with Crippen LogP contribution in [0, 0.1) is 10.1 Å². The molecule has 1 N–H and O–H groups in total. The summed E-state index contributed by atoms with van der Waals surface area (Å²) in [5.41, 5.74) is -0.0628. The van der Waals surface area contributed by atoms with Crippen molar-refractivity contribution in [3.05, 3.63) is 39.9 Å². The summed E-state index contributed by atoms with van der Waals surface area (Å²) in [7, 11) is 0. The molecular weight excluding hydrogens is 308 g/mol. The van der Waals surface area contributed by atoms with Gasteiger partial charge in [-0.1, -0.05) is 31.4 Å². The average Bonchev–Trinajstić information content (AvgIpc) is 3.37. The molecule has 0 radical (unpaired) electrons. The first kappa shape index (κ1) is 16.9. The van der Waals surface area contributed by atoms with Gasteiger partial charge in [0.1, 0.15) is 0 Å². The number of nitrogens with zero attached hydrogens (tertiary/aromatic N) is 2. The van der Waals surface area contributed by atoms with E-state index < -0.39 is 10.5 Å². The van der Waals surface area contributed by atoms with Gasteiger partial charge in [0.15, 0.2) is 0 Å². The lowest BCUT2D eigenvalue weighted by molar-refractivity contribution is -0.384. The molecule has 1 aromatic carbocycles. The number of rotatable bonds is 6. The summed E-state index contributed by atoms with van der Waals surface area (Å²) in [5.74, 6) is -0.0339. The van der Waals surface area contributed by atoms with E-state index in [4.69, 9.17) is 0 Å². The number of aliphatic hydroxyl groups is 1. The Morgan fingerprint density at radius 2 is 2.00 bits per heavy atom. The highest BCUT2D eigenvalue weighted by Crippen LogP contribution is 2.34. The van der Waals surface area contributed by atoms with Crippen molar-refractivity contribution in [2.45, 2.75) is 69.6 Å². The molecule has 2 aliphatic rings. The van der Waals surface area contributed by atoms with Gasteiger partial charge in [0.25, 0.3) is 5.69 Å². The number of hydrogen-bond donors (Lipinski definition) is 1. The zero-order chi connectivity index (χ0) is 17.2. The van der Waals surface area contributed by atoms with Crippen molar-refractivity contribution >= 4 is 11.6 Å². The molecule has 0 aromatic heterocycles. The Hall–Kier alpha value is -1.95. The second-order valence-corrected chi connectivity index (χ2v) is 7.14. The lowest BCUT2D eigenvalue weighted by atomic mass is 9.82. The molecule has 24 heavy (non-hydrogen) atoms. The van der Waals surface area contributed by atoms with E-state index in [2.05, 4.69) is 0 Å². The fourth-order valence-corrected chi connectivity index (χ4v) is 3.54. The highest BCUT2D eigenvalue weighted by Gasteiger charge is 2.38. The van der Waals surface area contributed by atoms with Crippen LogP contribution in [0.3, 0.4) is 0 Å². The molecule has 0 unspecified atom stereocenters. The van der Waals surface area contributed by atoms with E-state index in [-0.39, 0.29) is 24.1 Å². The molecule has 0 saturated heterocycles. The van der Waals surface area contributed by atoms with Gasteiger partial charge in [0, 0.05) is 24.7 Å². The van der Waals surface area contributed by atoms with Crippen LogP contribution in [-0.4, -0.2) is 32.5 Å². The first-order valence-electron chi connectivity index (χ1n) is 8.72. The van der Waals surface area contributed by atoms with Crippen LogP contribution in [0.2, 0.25) is 0 Å². The van der Waals surface area contributed by atoms with E-state index in [1.54, 1.807) is 11.0 Å². The second-order valence-electron chi connectivity index (χ2n) is 7.14. The maximum absolute atomic E-state index is 12.8. The molecule has 0 atom stereocenters. The number of carbonyl (C=O) groups is 1. The van der Waals surface area contributed by atoms with Gasteiger partial charge in [-0.25, -0.2) is 0 Å².